The highest BCUT2D eigenvalue weighted by molar-refractivity contribution is 7.80. The predicted molar refractivity (Wildman–Crippen MR) is 44.8 cm³/mol. The monoisotopic (exact) mass is 256 g/mol. The number of hydrogen-bond acceptors (Lipinski definition) is 2. The first-order valence-corrected chi connectivity index (χ1v) is 4.66. The molecule has 1 nitrogen and oxygen atoms in total. The molecule has 0 aromatic heterocycles. The molecule has 0 fully saturated rings. The SMILES string of the molecule is OC(CCCCS)(C(F)(F)F)C(F)(F)F. The van der Waals surface area contributed by atoms with Crippen LogP contribution in [0.2, 0.25) is 0 Å². The summed E-state index contributed by atoms with van der Waals surface area (Å²) in [5, 5.41) is 8.64. The van der Waals surface area contributed by atoms with Gasteiger partial charge in [-0.2, -0.15) is 39.0 Å². The van der Waals surface area contributed by atoms with Gasteiger partial charge in [0, 0.05) is 0 Å². The zero-order valence-electron chi connectivity index (χ0n) is 7.49. The molecule has 0 saturated heterocycles. The summed E-state index contributed by atoms with van der Waals surface area (Å²) in [6.45, 7) is 0. The number of halogens is 6. The van der Waals surface area contributed by atoms with Crippen LogP contribution in [0, 0.1) is 0 Å². The number of unbranched alkanes of at least 4 members (excludes halogenated alkanes) is 1. The Morgan fingerprint density at radius 1 is 0.867 bits per heavy atom. The van der Waals surface area contributed by atoms with Gasteiger partial charge in [0.15, 0.2) is 0 Å². The minimum atomic E-state index is -5.71. The maximum Gasteiger partial charge on any atom is 0.426 e. The quantitative estimate of drug-likeness (QED) is 0.450. The summed E-state index contributed by atoms with van der Waals surface area (Å²) in [4.78, 5) is 0. The van der Waals surface area contributed by atoms with E-state index in [4.69, 9.17) is 5.11 Å². The molecule has 1 N–H and O–H groups in total. The summed E-state index contributed by atoms with van der Waals surface area (Å²) >= 11 is 3.65. The zero-order valence-corrected chi connectivity index (χ0v) is 8.39. The summed E-state index contributed by atoms with van der Waals surface area (Å²) in [6.07, 6.45) is -13.1. The minimum absolute atomic E-state index is 0.0809. The molecule has 0 radical (unpaired) electrons. The second-order valence-corrected chi connectivity index (χ2v) is 3.48. The Bertz CT molecular complexity index is 185. The maximum atomic E-state index is 12.0. The molecule has 8 heteroatoms. The molecular formula is C7H10F6OS. The lowest BCUT2D eigenvalue weighted by atomic mass is 9.95. The van der Waals surface area contributed by atoms with Gasteiger partial charge in [0.1, 0.15) is 0 Å². The summed E-state index contributed by atoms with van der Waals surface area (Å²) in [5.41, 5.74) is -4.61. The Hall–Kier alpha value is -0.110. The second kappa shape index (κ2) is 4.82. The van der Waals surface area contributed by atoms with Crippen molar-refractivity contribution in [3.05, 3.63) is 0 Å². The standard InChI is InChI=1S/C7H10F6OS/c8-6(9,10)5(14,7(11,12)13)3-1-2-4-15/h14-15H,1-4H2. The fourth-order valence-corrected chi connectivity index (χ4v) is 1.16. The average Bonchev–Trinajstić information content (AvgIpc) is 2.00. The van der Waals surface area contributed by atoms with Crippen LogP contribution >= 0.6 is 12.6 Å². The highest BCUT2D eigenvalue weighted by Gasteiger charge is 2.69. The van der Waals surface area contributed by atoms with Crippen molar-refractivity contribution in [3.63, 3.8) is 0 Å². The molecule has 0 rings (SSSR count). The molecule has 0 aliphatic rings. The molecule has 15 heavy (non-hydrogen) atoms. The van der Waals surface area contributed by atoms with Gasteiger partial charge in [0.05, 0.1) is 0 Å². The first kappa shape index (κ1) is 14.9. The van der Waals surface area contributed by atoms with Crippen LogP contribution in [0.15, 0.2) is 0 Å². The van der Waals surface area contributed by atoms with Crippen molar-refractivity contribution in [1.29, 1.82) is 0 Å². The van der Waals surface area contributed by atoms with Crippen LogP contribution in [0.5, 0.6) is 0 Å². The first-order valence-electron chi connectivity index (χ1n) is 4.03. The summed E-state index contributed by atoms with van der Waals surface area (Å²) < 4.78 is 72.2. The van der Waals surface area contributed by atoms with Crippen LogP contribution in [0.25, 0.3) is 0 Å². The maximum absolute atomic E-state index is 12.0. The molecule has 0 aliphatic heterocycles. The second-order valence-electron chi connectivity index (χ2n) is 3.04. The largest absolute Gasteiger partial charge is 0.426 e. The predicted octanol–water partition coefficient (Wildman–Crippen LogP) is 2.94. The van der Waals surface area contributed by atoms with Gasteiger partial charge in [-0.25, -0.2) is 0 Å². The van der Waals surface area contributed by atoms with Crippen LogP contribution < -0.4 is 0 Å². The lowest BCUT2D eigenvalue weighted by Gasteiger charge is -2.32. The smallest absolute Gasteiger partial charge is 0.374 e. The number of alkyl halides is 6. The van der Waals surface area contributed by atoms with Crippen LogP contribution in [0.4, 0.5) is 26.3 Å². The zero-order chi connectivity index (χ0) is 12.3. The highest BCUT2D eigenvalue weighted by Crippen LogP contribution is 2.45. The lowest BCUT2D eigenvalue weighted by Crippen LogP contribution is -2.56. The molecular weight excluding hydrogens is 246 g/mol. The van der Waals surface area contributed by atoms with Gasteiger partial charge in [-0.15, -0.1) is 0 Å². The number of rotatable bonds is 4. The van der Waals surface area contributed by atoms with Crippen molar-refractivity contribution in [1.82, 2.24) is 0 Å². The third-order valence-corrected chi connectivity index (χ3v) is 2.20. The Morgan fingerprint density at radius 3 is 1.53 bits per heavy atom. The van der Waals surface area contributed by atoms with Crippen molar-refractivity contribution in [2.24, 2.45) is 0 Å². The highest BCUT2D eigenvalue weighted by atomic mass is 32.1. The van der Waals surface area contributed by atoms with E-state index in [1.54, 1.807) is 0 Å². The number of aliphatic hydroxyl groups is 1. The van der Waals surface area contributed by atoms with Crippen molar-refractivity contribution < 1.29 is 31.4 Å². The topological polar surface area (TPSA) is 20.2 Å². The summed E-state index contributed by atoms with van der Waals surface area (Å²) in [5.74, 6) is 0.172. The van der Waals surface area contributed by atoms with Crippen LogP contribution in [0.3, 0.4) is 0 Å². The molecule has 92 valence electrons. The molecule has 0 aliphatic carbocycles. The average molecular weight is 256 g/mol. The van der Waals surface area contributed by atoms with Crippen molar-refractivity contribution >= 4 is 12.6 Å². The normalized spacial score (nSPS) is 14.4. The van der Waals surface area contributed by atoms with E-state index in [2.05, 4.69) is 12.6 Å². The van der Waals surface area contributed by atoms with Gasteiger partial charge in [0.2, 0.25) is 0 Å². The third-order valence-electron chi connectivity index (χ3n) is 1.88. The Balaban J connectivity index is 4.74. The van der Waals surface area contributed by atoms with Crippen molar-refractivity contribution in [2.75, 3.05) is 5.75 Å². The fraction of sp³-hybridized carbons (Fsp3) is 1.00. The molecule has 0 unspecified atom stereocenters. The molecule has 0 amide bonds. The van der Waals surface area contributed by atoms with E-state index in [9.17, 15) is 26.3 Å². The van der Waals surface area contributed by atoms with Crippen LogP contribution in [-0.2, 0) is 0 Å². The van der Waals surface area contributed by atoms with E-state index in [0.29, 0.717) is 0 Å². The number of hydrogen-bond donors (Lipinski definition) is 2. The molecule has 0 aromatic carbocycles. The van der Waals surface area contributed by atoms with Gasteiger partial charge >= 0.3 is 12.4 Å². The Labute approximate surface area is 87.9 Å². The molecule has 0 aromatic rings. The third kappa shape index (κ3) is 3.44. The van der Waals surface area contributed by atoms with E-state index >= 15 is 0 Å². The molecule has 0 atom stereocenters. The minimum Gasteiger partial charge on any atom is -0.374 e. The van der Waals surface area contributed by atoms with Crippen molar-refractivity contribution in [3.8, 4) is 0 Å². The van der Waals surface area contributed by atoms with E-state index in [1.165, 1.54) is 0 Å². The van der Waals surface area contributed by atoms with Crippen LogP contribution in [0.1, 0.15) is 19.3 Å². The first-order chi connectivity index (χ1) is 6.56. The van der Waals surface area contributed by atoms with E-state index < -0.39 is 24.4 Å². The van der Waals surface area contributed by atoms with E-state index in [1.807, 2.05) is 0 Å². The van der Waals surface area contributed by atoms with Gasteiger partial charge in [0.25, 0.3) is 5.60 Å². The van der Waals surface area contributed by atoms with E-state index in [0.717, 1.165) is 0 Å². The number of thiol groups is 1. The Morgan fingerprint density at radius 2 is 1.27 bits per heavy atom. The fourth-order valence-electron chi connectivity index (χ4n) is 0.937. The lowest BCUT2D eigenvalue weighted by molar-refractivity contribution is -0.370. The van der Waals surface area contributed by atoms with E-state index in [-0.39, 0.29) is 18.6 Å². The summed E-state index contributed by atoms with van der Waals surface area (Å²) in [6, 6.07) is 0. The molecule has 0 bridgehead atoms. The van der Waals surface area contributed by atoms with Crippen molar-refractivity contribution in [2.45, 2.75) is 37.2 Å². The molecule has 0 spiro atoms. The van der Waals surface area contributed by atoms with Crippen LogP contribution in [-0.4, -0.2) is 28.8 Å². The summed E-state index contributed by atoms with van der Waals surface area (Å²) in [7, 11) is 0. The van der Waals surface area contributed by atoms with Gasteiger partial charge in [-0.1, -0.05) is 0 Å². The van der Waals surface area contributed by atoms with Gasteiger partial charge in [-0.3, -0.25) is 0 Å². The Kier molecular flexibility index (Phi) is 4.78. The van der Waals surface area contributed by atoms with Gasteiger partial charge < -0.3 is 5.11 Å². The molecule has 0 heterocycles. The molecule has 0 saturated carbocycles. The van der Waals surface area contributed by atoms with Gasteiger partial charge in [-0.05, 0) is 25.0 Å².